The fraction of sp³-hybridized carbons (Fsp3) is 0.120. The van der Waals surface area contributed by atoms with Crippen LogP contribution in [0.15, 0.2) is 83.9 Å². The zero-order chi connectivity index (χ0) is 21.9. The van der Waals surface area contributed by atoms with E-state index in [9.17, 15) is 4.79 Å². The van der Waals surface area contributed by atoms with Gasteiger partial charge in [-0.05, 0) is 36.2 Å². The van der Waals surface area contributed by atoms with Crippen molar-refractivity contribution in [3.8, 4) is 21.6 Å². The number of rotatable bonds is 7. The molecule has 4 aromatic heterocycles. The highest BCUT2D eigenvalue weighted by molar-refractivity contribution is 7.18. The lowest BCUT2D eigenvalue weighted by atomic mass is 10.0. The second kappa shape index (κ2) is 8.82. The van der Waals surface area contributed by atoms with Gasteiger partial charge in [-0.2, -0.15) is 0 Å². The number of furan rings is 1. The van der Waals surface area contributed by atoms with Gasteiger partial charge in [0.1, 0.15) is 5.65 Å². The third-order valence-electron chi connectivity index (χ3n) is 5.43. The number of aromatic nitrogens is 2. The maximum absolute atomic E-state index is 13.2. The molecule has 1 amide bonds. The van der Waals surface area contributed by atoms with Crippen molar-refractivity contribution >= 4 is 28.3 Å². The first kappa shape index (κ1) is 20.2. The number of H-pyrrole nitrogens is 1. The number of nitrogens with one attached hydrogen (secondary N) is 2. The number of carbonyl (C=O) groups is 1. The summed E-state index contributed by atoms with van der Waals surface area (Å²) in [6.07, 6.45) is 7.71. The topological polar surface area (TPSA) is 96.9 Å². The predicted octanol–water partition coefficient (Wildman–Crippen LogP) is 4.85. The van der Waals surface area contributed by atoms with Crippen LogP contribution in [-0.2, 0) is 6.42 Å². The van der Waals surface area contributed by atoms with Gasteiger partial charge in [-0.1, -0.05) is 30.3 Å². The number of fused-ring (bicyclic) bond motifs is 1. The minimum absolute atomic E-state index is 0.129. The van der Waals surface area contributed by atoms with Crippen LogP contribution in [0.25, 0.3) is 32.6 Å². The Hall–Kier alpha value is -3.68. The van der Waals surface area contributed by atoms with E-state index in [-0.39, 0.29) is 11.9 Å². The van der Waals surface area contributed by atoms with Crippen LogP contribution in [0.1, 0.15) is 15.2 Å². The molecule has 1 atom stereocenters. The third kappa shape index (κ3) is 3.95. The van der Waals surface area contributed by atoms with Crippen LogP contribution in [0.2, 0.25) is 0 Å². The maximum Gasteiger partial charge on any atom is 0.261 e. The highest BCUT2D eigenvalue weighted by atomic mass is 32.1. The fourth-order valence-electron chi connectivity index (χ4n) is 3.84. The SMILES string of the molecule is NCC(Cc1ccccc1)NC(=O)c1cc(-c2c[nH]c3ncccc23)c(-c2ccoc2)s1. The maximum atomic E-state index is 13.2. The second-order valence-electron chi connectivity index (χ2n) is 7.56. The van der Waals surface area contributed by atoms with E-state index in [1.807, 2.05) is 60.8 Å². The molecule has 1 unspecified atom stereocenters. The van der Waals surface area contributed by atoms with Crippen LogP contribution in [0.3, 0.4) is 0 Å². The lowest BCUT2D eigenvalue weighted by Crippen LogP contribution is -2.41. The molecule has 0 aliphatic rings. The number of aromatic amines is 1. The van der Waals surface area contributed by atoms with Gasteiger partial charge in [0, 0.05) is 51.9 Å². The molecule has 0 radical (unpaired) electrons. The Labute approximate surface area is 189 Å². The van der Waals surface area contributed by atoms with Crippen LogP contribution < -0.4 is 11.1 Å². The molecule has 1 aromatic carbocycles. The van der Waals surface area contributed by atoms with Crippen LogP contribution >= 0.6 is 11.3 Å². The zero-order valence-electron chi connectivity index (χ0n) is 17.2. The highest BCUT2D eigenvalue weighted by Crippen LogP contribution is 2.41. The number of nitrogens with zero attached hydrogens (tertiary/aromatic N) is 1. The lowest BCUT2D eigenvalue weighted by Gasteiger charge is -2.16. The van der Waals surface area contributed by atoms with Crippen molar-refractivity contribution in [2.45, 2.75) is 12.5 Å². The molecular weight excluding hydrogens is 420 g/mol. The first-order valence-corrected chi connectivity index (χ1v) is 11.2. The van der Waals surface area contributed by atoms with E-state index < -0.39 is 0 Å². The van der Waals surface area contributed by atoms with E-state index in [1.54, 1.807) is 18.7 Å². The van der Waals surface area contributed by atoms with Gasteiger partial charge in [-0.3, -0.25) is 4.79 Å². The summed E-state index contributed by atoms with van der Waals surface area (Å²) in [4.78, 5) is 22.4. The van der Waals surface area contributed by atoms with E-state index in [4.69, 9.17) is 10.2 Å². The van der Waals surface area contributed by atoms with E-state index in [2.05, 4.69) is 15.3 Å². The smallest absolute Gasteiger partial charge is 0.261 e. The van der Waals surface area contributed by atoms with Crippen molar-refractivity contribution in [1.82, 2.24) is 15.3 Å². The summed E-state index contributed by atoms with van der Waals surface area (Å²) in [5, 5.41) is 4.11. The van der Waals surface area contributed by atoms with Gasteiger partial charge in [-0.25, -0.2) is 4.98 Å². The molecule has 0 saturated carbocycles. The average molecular weight is 443 g/mol. The molecular formula is C25H22N4O2S. The van der Waals surface area contributed by atoms with Crippen molar-refractivity contribution in [3.63, 3.8) is 0 Å². The molecule has 0 spiro atoms. The summed E-state index contributed by atoms with van der Waals surface area (Å²) in [6.45, 7) is 0.363. The van der Waals surface area contributed by atoms with Gasteiger partial charge in [0.2, 0.25) is 0 Å². The van der Waals surface area contributed by atoms with Gasteiger partial charge < -0.3 is 20.5 Å². The zero-order valence-corrected chi connectivity index (χ0v) is 18.1. The molecule has 5 rings (SSSR count). The quantitative estimate of drug-likeness (QED) is 0.336. The molecule has 5 aromatic rings. The van der Waals surface area contributed by atoms with Crippen molar-refractivity contribution < 1.29 is 9.21 Å². The van der Waals surface area contributed by atoms with Gasteiger partial charge in [0.05, 0.1) is 17.4 Å². The summed E-state index contributed by atoms with van der Waals surface area (Å²) >= 11 is 1.44. The van der Waals surface area contributed by atoms with Crippen LogP contribution in [0, 0.1) is 0 Å². The number of hydrogen-bond donors (Lipinski definition) is 3. The molecule has 0 aliphatic heterocycles. The first-order chi connectivity index (χ1) is 15.7. The molecule has 4 heterocycles. The van der Waals surface area contributed by atoms with Crippen LogP contribution in [0.5, 0.6) is 0 Å². The summed E-state index contributed by atoms with van der Waals surface area (Å²) in [5.41, 5.74) is 10.8. The summed E-state index contributed by atoms with van der Waals surface area (Å²) in [7, 11) is 0. The van der Waals surface area contributed by atoms with Crippen LogP contribution in [-0.4, -0.2) is 28.5 Å². The van der Waals surface area contributed by atoms with Gasteiger partial charge in [0.15, 0.2) is 0 Å². The van der Waals surface area contributed by atoms with Gasteiger partial charge in [0.25, 0.3) is 5.91 Å². The fourth-order valence-corrected chi connectivity index (χ4v) is 4.90. The predicted molar refractivity (Wildman–Crippen MR) is 128 cm³/mol. The molecule has 32 heavy (non-hydrogen) atoms. The normalized spacial score (nSPS) is 12.2. The van der Waals surface area contributed by atoms with Crippen LogP contribution in [0.4, 0.5) is 0 Å². The highest BCUT2D eigenvalue weighted by Gasteiger charge is 2.21. The largest absolute Gasteiger partial charge is 0.472 e. The Morgan fingerprint density at radius 1 is 1.16 bits per heavy atom. The van der Waals surface area contributed by atoms with E-state index in [0.717, 1.165) is 38.2 Å². The Morgan fingerprint density at radius 2 is 2.03 bits per heavy atom. The third-order valence-corrected chi connectivity index (χ3v) is 6.61. The van der Waals surface area contributed by atoms with Gasteiger partial charge in [-0.15, -0.1) is 11.3 Å². The average Bonchev–Trinajstić information content (AvgIpc) is 3.58. The Bertz CT molecular complexity index is 1340. The Kier molecular flexibility index (Phi) is 5.58. The number of carbonyl (C=O) groups excluding carboxylic acids is 1. The standard InChI is InChI=1S/C25H22N4O2S/c26-13-18(11-16-5-2-1-3-6-16)29-25(30)22-12-20(23(32-22)17-8-10-31-15-17)21-14-28-24-19(21)7-4-9-27-24/h1-10,12,14-15,18H,11,13,26H2,(H,27,28)(H,29,30). The Balaban J connectivity index is 1.48. The van der Waals surface area contributed by atoms with Crippen molar-refractivity contribution in [2.24, 2.45) is 5.73 Å². The lowest BCUT2D eigenvalue weighted by molar-refractivity contribution is 0.0942. The van der Waals surface area contributed by atoms with Crippen molar-refractivity contribution in [1.29, 1.82) is 0 Å². The first-order valence-electron chi connectivity index (χ1n) is 10.4. The molecule has 0 fully saturated rings. The number of amides is 1. The number of pyridine rings is 1. The van der Waals surface area contributed by atoms with E-state index >= 15 is 0 Å². The molecule has 4 N–H and O–H groups in total. The molecule has 160 valence electrons. The minimum atomic E-state index is -0.148. The monoisotopic (exact) mass is 442 g/mol. The number of thiophene rings is 1. The molecule has 6 nitrogen and oxygen atoms in total. The number of nitrogens with two attached hydrogens (primary N) is 1. The summed E-state index contributed by atoms with van der Waals surface area (Å²) in [6, 6.07) is 17.7. The van der Waals surface area contributed by atoms with E-state index in [0.29, 0.717) is 17.8 Å². The van der Waals surface area contributed by atoms with Crippen molar-refractivity contribution in [2.75, 3.05) is 6.54 Å². The number of hydrogen-bond acceptors (Lipinski definition) is 5. The molecule has 0 aliphatic carbocycles. The second-order valence-corrected chi connectivity index (χ2v) is 8.62. The Morgan fingerprint density at radius 3 is 2.81 bits per heavy atom. The number of benzene rings is 1. The van der Waals surface area contributed by atoms with E-state index in [1.165, 1.54) is 11.3 Å². The summed E-state index contributed by atoms with van der Waals surface area (Å²) in [5.74, 6) is -0.129. The molecule has 0 saturated heterocycles. The van der Waals surface area contributed by atoms with Gasteiger partial charge >= 0.3 is 0 Å². The minimum Gasteiger partial charge on any atom is -0.472 e. The van der Waals surface area contributed by atoms with Crippen molar-refractivity contribution in [3.05, 3.63) is 90.0 Å². The molecule has 7 heteroatoms. The summed E-state index contributed by atoms with van der Waals surface area (Å²) < 4.78 is 5.32. The molecule has 0 bridgehead atoms.